The van der Waals surface area contributed by atoms with Crippen molar-refractivity contribution < 1.29 is 18.3 Å². The average molecular weight is 315 g/mol. The summed E-state index contributed by atoms with van der Waals surface area (Å²) in [6, 6.07) is 6.01. The summed E-state index contributed by atoms with van der Waals surface area (Å²) in [6.07, 6.45) is 0. The summed E-state index contributed by atoms with van der Waals surface area (Å²) in [5.41, 5.74) is 0. The minimum absolute atomic E-state index is 0.0638. The molecular weight excluding hydrogens is 290 g/mol. The lowest BCUT2D eigenvalue weighted by Crippen LogP contribution is -2.38. The number of aliphatic hydroxyl groups excluding tert-OH is 1. The molecule has 0 aromatic heterocycles. The maximum Gasteiger partial charge on any atom is 0.240 e. The monoisotopic (exact) mass is 315 g/mol. The second-order valence-corrected chi connectivity index (χ2v) is 7.46. The Morgan fingerprint density at radius 1 is 1.14 bits per heavy atom. The summed E-state index contributed by atoms with van der Waals surface area (Å²) in [4.78, 5) is 0.191. The van der Waals surface area contributed by atoms with E-state index < -0.39 is 10.0 Å². The zero-order valence-corrected chi connectivity index (χ0v) is 13.9. The number of benzene rings is 1. The molecule has 0 spiro atoms. The molecule has 1 aromatic carbocycles. The summed E-state index contributed by atoms with van der Waals surface area (Å²) >= 11 is 0. The summed E-state index contributed by atoms with van der Waals surface area (Å²) in [5, 5.41) is 9.06. The van der Waals surface area contributed by atoms with Crippen LogP contribution in [-0.4, -0.2) is 32.8 Å². The van der Waals surface area contributed by atoms with Crippen LogP contribution < -0.4 is 9.46 Å². The Balaban J connectivity index is 2.75. The van der Waals surface area contributed by atoms with Crippen LogP contribution in [0.15, 0.2) is 29.2 Å². The van der Waals surface area contributed by atoms with E-state index in [2.05, 4.69) is 4.72 Å². The molecule has 120 valence electrons. The first-order valence-corrected chi connectivity index (χ1v) is 8.60. The number of aliphatic hydroxyl groups is 1. The summed E-state index contributed by atoms with van der Waals surface area (Å²) in [5.74, 6) is 0.920. The molecule has 0 heterocycles. The summed E-state index contributed by atoms with van der Waals surface area (Å²) in [6.45, 7) is 8.15. The van der Waals surface area contributed by atoms with Crippen LogP contribution in [0.5, 0.6) is 5.75 Å². The first-order chi connectivity index (χ1) is 9.76. The lowest BCUT2D eigenvalue weighted by Gasteiger charge is -2.19. The fourth-order valence-corrected chi connectivity index (χ4v) is 2.92. The third-order valence-corrected chi connectivity index (χ3v) is 4.77. The molecule has 5 nitrogen and oxygen atoms in total. The Kier molecular flexibility index (Phi) is 6.64. The van der Waals surface area contributed by atoms with Gasteiger partial charge in [-0.2, -0.15) is 0 Å². The van der Waals surface area contributed by atoms with Crippen molar-refractivity contribution in [1.29, 1.82) is 0 Å². The molecule has 0 saturated carbocycles. The number of ether oxygens (including phenoxy) is 1. The first-order valence-electron chi connectivity index (χ1n) is 7.12. The lowest BCUT2D eigenvalue weighted by atomic mass is 10.1. The van der Waals surface area contributed by atoms with Crippen molar-refractivity contribution in [2.24, 2.45) is 11.8 Å². The molecule has 0 fully saturated rings. The Labute approximate surface area is 127 Å². The van der Waals surface area contributed by atoms with Crippen LogP contribution in [0.3, 0.4) is 0 Å². The van der Waals surface area contributed by atoms with Crippen LogP contribution in [0, 0.1) is 11.8 Å². The van der Waals surface area contributed by atoms with E-state index >= 15 is 0 Å². The van der Waals surface area contributed by atoms with E-state index in [4.69, 9.17) is 9.84 Å². The molecule has 1 rings (SSSR count). The highest BCUT2D eigenvalue weighted by Crippen LogP contribution is 2.17. The third-order valence-electron chi connectivity index (χ3n) is 3.20. The maximum atomic E-state index is 12.2. The standard InChI is InChI=1S/C15H25NO4S/c1-11(2)10-20-14-5-7-15(8-6-14)21(18,19)16-13(4)12(3)9-17/h5-8,11-13,16-17H,9-10H2,1-4H3. The van der Waals surface area contributed by atoms with Gasteiger partial charge in [-0.3, -0.25) is 0 Å². The van der Waals surface area contributed by atoms with Crippen molar-refractivity contribution >= 4 is 10.0 Å². The predicted molar refractivity (Wildman–Crippen MR) is 82.8 cm³/mol. The van der Waals surface area contributed by atoms with E-state index in [0.717, 1.165) is 0 Å². The van der Waals surface area contributed by atoms with E-state index in [1.54, 1.807) is 26.0 Å². The smallest absolute Gasteiger partial charge is 0.240 e. The fourth-order valence-electron chi connectivity index (χ4n) is 1.56. The molecule has 0 radical (unpaired) electrons. The third kappa shape index (κ3) is 5.65. The molecule has 0 amide bonds. The van der Waals surface area contributed by atoms with Gasteiger partial charge in [0.2, 0.25) is 10.0 Å². The van der Waals surface area contributed by atoms with E-state index in [0.29, 0.717) is 18.3 Å². The first kappa shape index (κ1) is 17.9. The van der Waals surface area contributed by atoms with E-state index in [1.807, 2.05) is 13.8 Å². The van der Waals surface area contributed by atoms with Gasteiger partial charge >= 0.3 is 0 Å². The van der Waals surface area contributed by atoms with Gasteiger partial charge in [-0.15, -0.1) is 0 Å². The van der Waals surface area contributed by atoms with Gasteiger partial charge in [0, 0.05) is 12.6 Å². The molecule has 2 unspecified atom stereocenters. The SMILES string of the molecule is CC(C)COc1ccc(S(=O)(=O)NC(C)C(C)CO)cc1. The Bertz CT molecular complexity index is 525. The number of hydrogen-bond donors (Lipinski definition) is 2. The molecule has 0 bridgehead atoms. The highest BCUT2D eigenvalue weighted by molar-refractivity contribution is 7.89. The molecule has 1 aromatic rings. The van der Waals surface area contributed by atoms with Crippen molar-refractivity contribution in [3.8, 4) is 5.75 Å². The zero-order chi connectivity index (χ0) is 16.0. The van der Waals surface area contributed by atoms with Gasteiger partial charge < -0.3 is 9.84 Å². The highest BCUT2D eigenvalue weighted by atomic mass is 32.2. The summed E-state index contributed by atoms with van der Waals surface area (Å²) in [7, 11) is -3.58. The van der Waals surface area contributed by atoms with Crippen LogP contribution in [0.4, 0.5) is 0 Å². The van der Waals surface area contributed by atoms with E-state index in [-0.39, 0.29) is 23.5 Å². The topological polar surface area (TPSA) is 75.6 Å². The Hall–Kier alpha value is -1.11. The number of nitrogens with one attached hydrogen (secondary N) is 1. The second-order valence-electron chi connectivity index (χ2n) is 5.75. The van der Waals surface area contributed by atoms with Gasteiger partial charge in [-0.05, 0) is 43.0 Å². The predicted octanol–water partition coefficient (Wildman–Crippen LogP) is 2.02. The molecular formula is C15H25NO4S. The molecule has 0 saturated heterocycles. The average Bonchev–Trinajstić information content (AvgIpc) is 2.44. The quantitative estimate of drug-likeness (QED) is 0.769. The highest BCUT2D eigenvalue weighted by Gasteiger charge is 2.20. The number of hydrogen-bond acceptors (Lipinski definition) is 4. The Morgan fingerprint density at radius 3 is 2.19 bits per heavy atom. The lowest BCUT2D eigenvalue weighted by molar-refractivity contribution is 0.216. The van der Waals surface area contributed by atoms with Crippen molar-refractivity contribution in [3.05, 3.63) is 24.3 Å². The Morgan fingerprint density at radius 2 is 1.71 bits per heavy atom. The number of rotatable bonds is 8. The molecule has 2 N–H and O–H groups in total. The molecule has 6 heteroatoms. The van der Waals surface area contributed by atoms with Gasteiger partial charge in [-0.25, -0.2) is 13.1 Å². The van der Waals surface area contributed by atoms with Crippen LogP contribution in [0.1, 0.15) is 27.7 Å². The van der Waals surface area contributed by atoms with Gasteiger partial charge in [-0.1, -0.05) is 20.8 Å². The van der Waals surface area contributed by atoms with E-state index in [1.165, 1.54) is 12.1 Å². The molecule has 2 atom stereocenters. The van der Waals surface area contributed by atoms with Gasteiger partial charge in [0.25, 0.3) is 0 Å². The maximum absolute atomic E-state index is 12.2. The minimum Gasteiger partial charge on any atom is -0.493 e. The molecule has 21 heavy (non-hydrogen) atoms. The van der Waals surface area contributed by atoms with Crippen LogP contribution in [-0.2, 0) is 10.0 Å². The summed E-state index contributed by atoms with van der Waals surface area (Å²) < 4.78 is 32.5. The van der Waals surface area contributed by atoms with Crippen molar-refractivity contribution in [2.75, 3.05) is 13.2 Å². The molecule has 0 aliphatic rings. The van der Waals surface area contributed by atoms with Crippen molar-refractivity contribution in [3.63, 3.8) is 0 Å². The van der Waals surface area contributed by atoms with Crippen LogP contribution in [0.2, 0.25) is 0 Å². The minimum atomic E-state index is -3.58. The fraction of sp³-hybridized carbons (Fsp3) is 0.600. The largest absolute Gasteiger partial charge is 0.493 e. The molecule has 0 aliphatic heterocycles. The molecule has 0 aliphatic carbocycles. The van der Waals surface area contributed by atoms with Crippen molar-refractivity contribution in [2.45, 2.75) is 38.6 Å². The van der Waals surface area contributed by atoms with E-state index in [9.17, 15) is 8.42 Å². The number of sulfonamides is 1. The van der Waals surface area contributed by atoms with Crippen LogP contribution >= 0.6 is 0 Å². The zero-order valence-electron chi connectivity index (χ0n) is 13.0. The van der Waals surface area contributed by atoms with Gasteiger partial charge in [0.05, 0.1) is 11.5 Å². The van der Waals surface area contributed by atoms with Gasteiger partial charge in [0.1, 0.15) is 5.75 Å². The van der Waals surface area contributed by atoms with Crippen molar-refractivity contribution in [1.82, 2.24) is 4.72 Å². The van der Waals surface area contributed by atoms with Gasteiger partial charge in [0.15, 0.2) is 0 Å². The second kappa shape index (κ2) is 7.77. The normalized spacial score (nSPS) is 15.0. The van der Waals surface area contributed by atoms with Crippen LogP contribution in [0.25, 0.3) is 0 Å².